The molecule has 2 N–H and O–H groups in total. The van der Waals surface area contributed by atoms with Gasteiger partial charge in [0.1, 0.15) is 0 Å². The van der Waals surface area contributed by atoms with E-state index in [9.17, 15) is 0 Å². The van der Waals surface area contributed by atoms with Gasteiger partial charge < -0.3 is 15.5 Å². The smallest absolute Gasteiger partial charge is 0.0400 e. The van der Waals surface area contributed by atoms with E-state index in [1.807, 2.05) is 6.20 Å². The van der Waals surface area contributed by atoms with Gasteiger partial charge in [-0.15, -0.1) is 0 Å². The zero-order valence-corrected chi connectivity index (χ0v) is 12.2. The number of aryl methyl sites for hydroxylation is 1. The fourth-order valence-electron chi connectivity index (χ4n) is 2.65. The van der Waals surface area contributed by atoms with Gasteiger partial charge in [0.15, 0.2) is 0 Å². The van der Waals surface area contributed by atoms with Crippen molar-refractivity contribution in [1.82, 2.24) is 9.88 Å². The summed E-state index contributed by atoms with van der Waals surface area (Å²) in [6.07, 6.45) is 3.13. The molecule has 0 bridgehead atoms. The van der Waals surface area contributed by atoms with Gasteiger partial charge in [0.05, 0.1) is 0 Å². The molecule has 2 heterocycles. The monoisotopic (exact) mass is 262 g/mol. The Morgan fingerprint density at radius 2 is 2.16 bits per heavy atom. The van der Waals surface area contributed by atoms with Crippen LogP contribution in [-0.4, -0.2) is 49.2 Å². The molecule has 1 saturated heterocycles. The lowest BCUT2D eigenvalue weighted by atomic mass is 10.1. The second-order valence-corrected chi connectivity index (χ2v) is 5.64. The van der Waals surface area contributed by atoms with Crippen LogP contribution in [0.1, 0.15) is 19.0 Å². The molecule has 1 atom stereocenters. The number of nitrogens with two attached hydrogens (primary N) is 1. The number of anilines is 1. The Hall–Kier alpha value is -1.13. The van der Waals surface area contributed by atoms with Crippen molar-refractivity contribution in [2.45, 2.75) is 20.3 Å². The third-order valence-electron chi connectivity index (χ3n) is 3.81. The van der Waals surface area contributed by atoms with E-state index in [2.05, 4.69) is 40.8 Å². The lowest BCUT2D eigenvalue weighted by Crippen LogP contribution is -2.35. The van der Waals surface area contributed by atoms with Crippen LogP contribution in [0.25, 0.3) is 0 Å². The predicted octanol–water partition coefficient (Wildman–Crippen LogP) is 1.50. The molecule has 4 nitrogen and oxygen atoms in total. The molecule has 1 unspecified atom stereocenters. The van der Waals surface area contributed by atoms with Crippen molar-refractivity contribution < 1.29 is 0 Å². The van der Waals surface area contributed by atoms with Crippen molar-refractivity contribution in [3.05, 3.63) is 24.0 Å². The van der Waals surface area contributed by atoms with Crippen molar-refractivity contribution in [1.29, 1.82) is 0 Å². The normalized spacial score (nSPS) is 19.2. The summed E-state index contributed by atoms with van der Waals surface area (Å²) in [7, 11) is 0. The average Bonchev–Trinajstić information content (AvgIpc) is 2.64. The van der Waals surface area contributed by atoms with Crippen LogP contribution < -0.4 is 10.6 Å². The van der Waals surface area contributed by atoms with Gasteiger partial charge in [-0.25, -0.2) is 0 Å². The van der Waals surface area contributed by atoms with E-state index in [0.717, 1.165) is 38.4 Å². The minimum absolute atomic E-state index is 0.592. The van der Waals surface area contributed by atoms with Gasteiger partial charge in [-0.1, -0.05) is 6.92 Å². The topological polar surface area (TPSA) is 45.4 Å². The molecule has 0 saturated carbocycles. The van der Waals surface area contributed by atoms with Gasteiger partial charge in [0.25, 0.3) is 0 Å². The first kappa shape index (κ1) is 14.3. The van der Waals surface area contributed by atoms with Crippen LogP contribution in [0.2, 0.25) is 0 Å². The molecular weight excluding hydrogens is 236 g/mol. The Morgan fingerprint density at radius 3 is 2.89 bits per heavy atom. The van der Waals surface area contributed by atoms with Crippen LogP contribution in [0.15, 0.2) is 18.3 Å². The second-order valence-electron chi connectivity index (χ2n) is 5.64. The van der Waals surface area contributed by atoms with Crippen LogP contribution in [-0.2, 0) is 0 Å². The predicted molar refractivity (Wildman–Crippen MR) is 80.5 cm³/mol. The van der Waals surface area contributed by atoms with Gasteiger partial charge in [0.2, 0.25) is 0 Å². The number of hydrogen-bond donors (Lipinski definition) is 1. The molecule has 0 amide bonds. The quantitative estimate of drug-likeness (QED) is 0.893. The Morgan fingerprint density at radius 1 is 1.32 bits per heavy atom. The highest BCUT2D eigenvalue weighted by Gasteiger charge is 2.16. The summed E-state index contributed by atoms with van der Waals surface area (Å²) >= 11 is 0. The van der Waals surface area contributed by atoms with Crippen molar-refractivity contribution in [3.63, 3.8) is 0 Å². The maximum atomic E-state index is 5.72. The average molecular weight is 262 g/mol. The number of pyridine rings is 1. The van der Waals surface area contributed by atoms with E-state index in [1.165, 1.54) is 18.7 Å². The highest BCUT2D eigenvalue weighted by Crippen LogP contribution is 2.17. The number of hydrogen-bond acceptors (Lipinski definition) is 4. The molecule has 19 heavy (non-hydrogen) atoms. The van der Waals surface area contributed by atoms with Crippen molar-refractivity contribution >= 4 is 5.69 Å². The highest BCUT2D eigenvalue weighted by atomic mass is 15.2. The number of nitrogens with zero attached hydrogens (tertiary/aromatic N) is 3. The molecule has 0 aromatic carbocycles. The molecule has 2 rings (SSSR count). The van der Waals surface area contributed by atoms with Crippen LogP contribution in [0.5, 0.6) is 0 Å². The minimum Gasteiger partial charge on any atom is -0.370 e. The van der Waals surface area contributed by atoms with Crippen LogP contribution in [0.4, 0.5) is 5.69 Å². The standard InChI is InChI=1S/C15H26N4/c1-13(11-16)12-18-6-3-7-19(9-8-18)15-4-5-17-14(2)10-15/h4-5,10,13H,3,6-9,11-12,16H2,1-2H3. The van der Waals surface area contributed by atoms with E-state index in [4.69, 9.17) is 5.73 Å². The molecule has 0 spiro atoms. The van der Waals surface area contributed by atoms with E-state index >= 15 is 0 Å². The summed E-state index contributed by atoms with van der Waals surface area (Å²) < 4.78 is 0. The minimum atomic E-state index is 0.592. The summed E-state index contributed by atoms with van der Waals surface area (Å²) in [6.45, 7) is 10.7. The molecular formula is C15H26N4. The lowest BCUT2D eigenvalue weighted by Gasteiger charge is -2.25. The van der Waals surface area contributed by atoms with E-state index in [0.29, 0.717) is 5.92 Å². The van der Waals surface area contributed by atoms with E-state index in [1.54, 1.807) is 0 Å². The summed E-state index contributed by atoms with van der Waals surface area (Å²) in [4.78, 5) is 9.29. The van der Waals surface area contributed by atoms with Crippen LogP contribution in [0, 0.1) is 12.8 Å². The Kier molecular flexibility index (Phi) is 5.16. The van der Waals surface area contributed by atoms with E-state index < -0.39 is 0 Å². The Labute approximate surface area is 116 Å². The molecule has 106 valence electrons. The molecule has 1 aromatic rings. The van der Waals surface area contributed by atoms with Gasteiger partial charge in [-0.05, 0) is 44.5 Å². The maximum Gasteiger partial charge on any atom is 0.0400 e. The summed E-state index contributed by atoms with van der Waals surface area (Å²) in [6, 6.07) is 4.29. The van der Waals surface area contributed by atoms with Crippen molar-refractivity contribution in [3.8, 4) is 0 Å². The SMILES string of the molecule is Cc1cc(N2CCCN(CC(C)CN)CC2)ccn1. The molecule has 0 radical (unpaired) electrons. The first-order valence-electron chi connectivity index (χ1n) is 7.29. The van der Waals surface area contributed by atoms with Crippen LogP contribution in [0.3, 0.4) is 0 Å². The zero-order valence-electron chi connectivity index (χ0n) is 12.2. The Bertz CT molecular complexity index is 393. The third kappa shape index (κ3) is 4.18. The summed E-state index contributed by atoms with van der Waals surface area (Å²) in [5, 5.41) is 0. The van der Waals surface area contributed by atoms with Gasteiger partial charge in [-0.2, -0.15) is 0 Å². The molecule has 1 fully saturated rings. The van der Waals surface area contributed by atoms with Gasteiger partial charge in [0, 0.05) is 43.8 Å². The number of aromatic nitrogens is 1. The molecule has 1 aliphatic heterocycles. The first-order valence-corrected chi connectivity index (χ1v) is 7.29. The van der Waals surface area contributed by atoms with Crippen LogP contribution >= 0.6 is 0 Å². The largest absolute Gasteiger partial charge is 0.370 e. The fourth-order valence-corrected chi connectivity index (χ4v) is 2.65. The summed E-state index contributed by atoms with van der Waals surface area (Å²) in [5.74, 6) is 0.592. The lowest BCUT2D eigenvalue weighted by molar-refractivity contribution is 0.255. The second kappa shape index (κ2) is 6.87. The Balaban J connectivity index is 1.93. The number of rotatable bonds is 4. The summed E-state index contributed by atoms with van der Waals surface area (Å²) in [5.41, 5.74) is 8.12. The molecule has 1 aliphatic rings. The first-order chi connectivity index (χ1) is 9.19. The van der Waals surface area contributed by atoms with Gasteiger partial charge >= 0.3 is 0 Å². The van der Waals surface area contributed by atoms with Gasteiger partial charge in [-0.3, -0.25) is 4.98 Å². The molecule has 0 aliphatic carbocycles. The zero-order chi connectivity index (χ0) is 13.7. The fraction of sp³-hybridized carbons (Fsp3) is 0.667. The third-order valence-corrected chi connectivity index (χ3v) is 3.81. The highest BCUT2D eigenvalue weighted by molar-refractivity contribution is 5.46. The molecule has 4 heteroatoms. The van der Waals surface area contributed by atoms with Crippen molar-refractivity contribution in [2.24, 2.45) is 11.7 Å². The van der Waals surface area contributed by atoms with E-state index in [-0.39, 0.29) is 0 Å². The molecule has 1 aromatic heterocycles. The van der Waals surface area contributed by atoms with Crippen molar-refractivity contribution in [2.75, 3.05) is 44.2 Å². The maximum absolute atomic E-state index is 5.72.